The highest BCUT2D eigenvalue weighted by Crippen LogP contribution is 2.33. The second-order valence-electron chi connectivity index (χ2n) is 6.05. The summed E-state index contributed by atoms with van der Waals surface area (Å²) in [5.74, 6) is 0.00523. The number of ether oxygens (including phenoxy) is 1. The first-order valence-electron chi connectivity index (χ1n) is 8.52. The molecule has 0 aliphatic heterocycles. The lowest BCUT2D eigenvalue weighted by Gasteiger charge is -2.10. The standard InChI is InChI=1S/C19H15FN6O2S/c1-28-19-18(22-9-10-4-2-5-11(20)8-10)23-17(24-25-19)15-12-6-3-7-13(16(21)27)14(12)26-29-15/h2-8H,9H2,1H3,(H2,21,27)(H,22,23,24). The number of benzene rings is 2. The Morgan fingerprint density at radius 2 is 2.07 bits per heavy atom. The molecule has 8 nitrogen and oxygen atoms in total. The normalized spacial score (nSPS) is 10.8. The van der Waals surface area contributed by atoms with Gasteiger partial charge >= 0.3 is 0 Å². The Morgan fingerprint density at radius 3 is 2.83 bits per heavy atom. The molecule has 0 saturated heterocycles. The third-order valence-corrected chi connectivity index (χ3v) is 5.03. The number of halogens is 1. The Bertz CT molecular complexity index is 1210. The predicted octanol–water partition coefficient (Wildman–Crippen LogP) is 3.01. The monoisotopic (exact) mass is 410 g/mol. The van der Waals surface area contributed by atoms with Gasteiger partial charge in [0.2, 0.25) is 0 Å². The summed E-state index contributed by atoms with van der Waals surface area (Å²) in [5.41, 5.74) is 6.99. The number of amides is 1. The van der Waals surface area contributed by atoms with Crippen molar-refractivity contribution in [3.05, 3.63) is 59.4 Å². The van der Waals surface area contributed by atoms with E-state index in [1.807, 2.05) is 6.07 Å². The van der Waals surface area contributed by atoms with Gasteiger partial charge in [0.05, 0.1) is 18.2 Å². The van der Waals surface area contributed by atoms with E-state index in [0.717, 1.165) is 17.1 Å². The summed E-state index contributed by atoms with van der Waals surface area (Å²) in [4.78, 5) is 16.8. The second-order valence-corrected chi connectivity index (χ2v) is 6.83. The van der Waals surface area contributed by atoms with Crippen LogP contribution in [0.5, 0.6) is 5.88 Å². The SMILES string of the molecule is COc1nnc(-c2snc3c(C(N)=O)cccc23)nc1NCc1cccc(F)c1. The van der Waals surface area contributed by atoms with Crippen LogP contribution in [0.2, 0.25) is 0 Å². The minimum Gasteiger partial charge on any atom is -0.477 e. The van der Waals surface area contributed by atoms with Gasteiger partial charge in [-0.1, -0.05) is 24.3 Å². The average Bonchev–Trinajstić information content (AvgIpc) is 3.16. The minimum absolute atomic E-state index is 0.205. The van der Waals surface area contributed by atoms with Crippen molar-refractivity contribution in [2.45, 2.75) is 6.54 Å². The number of nitrogens with one attached hydrogen (secondary N) is 1. The number of fused-ring (bicyclic) bond motifs is 1. The minimum atomic E-state index is -0.557. The number of nitrogens with zero attached hydrogens (tertiary/aromatic N) is 4. The molecule has 0 fully saturated rings. The van der Waals surface area contributed by atoms with Crippen LogP contribution in [0, 0.1) is 5.82 Å². The van der Waals surface area contributed by atoms with Crippen molar-refractivity contribution in [2.75, 3.05) is 12.4 Å². The molecule has 0 bridgehead atoms. The third kappa shape index (κ3) is 3.69. The molecule has 0 aliphatic rings. The number of hydrogen-bond donors (Lipinski definition) is 2. The fraction of sp³-hybridized carbons (Fsp3) is 0.105. The Balaban J connectivity index is 1.70. The van der Waals surface area contributed by atoms with Gasteiger partial charge in [-0.15, -0.1) is 10.2 Å². The van der Waals surface area contributed by atoms with Gasteiger partial charge in [0.1, 0.15) is 10.7 Å². The van der Waals surface area contributed by atoms with Crippen molar-refractivity contribution >= 4 is 34.2 Å². The zero-order valence-electron chi connectivity index (χ0n) is 15.2. The largest absolute Gasteiger partial charge is 0.477 e. The quantitative estimate of drug-likeness (QED) is 0.502. The summed E-state index contributed by atoms with van der Waals surface area (Å²) < 4.78 is 23.0. The molecular weight excluding hydrogens is 395 g/mol. The Labute approximate surface area is 168 Å². The van der Waals surface area contributed by atoms with E-state index < -0.39 is 5.91 Å². The fourth-order valence-electron chi connectivity index (χ4n) is 2.82. The van der Waals surface area contributed by atoms with Crippen molar-refractivity contribution in [1.82, 2.24) is 19.6 Å². The van der Waals surface area contributed by atoms with E-state index in [4.69, 9.17) is 10.5 Å². The second kappa shape index (κ2) is 7.76. The summed E-state index contributed by atoms with van der Waals surface area (Å²) in [7, 11) is 1.46. The van der Waals surface area contributed by atoms with E-state index in [1.165, 1.54) is 19.2 Å². The Morgan fingerprint density at radius 1 is 1.24 bits per heavy atom. The van der Waals surface area contributed by atoms with Crippen LogP contribution in [0.1, 0.15) is 15.9 Å². The van der Waals surface area contributed by atoms with Gasteiger partial charge in [0.15, 0.2) is 11.6 Å². The zero-order chi connectivity index (χ0) is 20.4. The van der Waals surface area contributed by atoms with Crippen LogP contribution in [0.25, 0.3) is 21.6 Å². The first-order chi connectivity index (χ1) is 14.1. The van der Waals surface area contributed by atoms with E-state index in [0.29, 0.717) is 39.5 Å². The van der Waals surface area contributed by atoms with Crippen LogP contribution in [0.3, 0.4) is 0 Å². The van der Waals surface area contributed by atoms with E-state index in [-0.39, 0.29) is 11.7 Å². The molecule has 0 atom stereocenters. The van der Waals surface area contributed by atoms with E-state index in [9.17, 15) is 9.18 Å². The Hall–Kier alpha value is -3.66. The lowest BCUT2D eigenvalue weighted by molar-refractivity contribution is 0.100. The van der Waals surface area contributed by atoms with Crippen LogP contribution >= 0.6 is 11.5 Å². The summed E-state index contributed by atoms with van der Waals surface area (Å²) in [5, 5.41) is 12.0. The van der Waals surface area contributed by atoms with Crippen molar-refractivity contribution < 1.29 is 13.9 Å². The summed E-state index contributed by atoms with van der Waals surface area (Å²) >= 11 is 1.15. The molecule has 0 spiro atoms. The molecule has 2 aromatic heterocycles. The maximum absolute atomic E-state index is 13.4. The highest BCUT2D eigenvalue weighted by molar-refractivity contribution is 7.11. The fourth-order valence-corrected chi connectivity index (χ4v) is 3.63. The number of rotatable bonds is 6. The number of nitrogens with two attached hydrogens (primary N) is 1. The topological polar surface area (TPSA) is 116 Å². The number of primary amides is 1. The first-order valence-corrected chi connectivity index (χ1v) is 9.29. The van der Waals surface area contributed by atoms with Crippen molar-refractivity contribution in [1.29, 1.82) is 0 Å². The molecule has 29 heavy (non-hydrogen) atoms. The molecule has 0 unspecified atom stereocenters. The van der Waals surface area contributed by atoms with Crippen molar-refractivity contribution in [3.8, 4) is 16.6 Å². The summed E-state index contributed by atoms with van der Waals surface area (Å²) in [6.07, 6.45) is 0. The number of carbonyl (C=O) groups excluding carboxylic acids is 1. The summed E-state index contributed by atoms with van der Waals surface area (Å²) in [6, 6.07) is 11.4. The molecule has 2 heterocycles. The molecule has 0 saturated carbocycles. The maximum atomic E-state index is 13.4. The van der Waals surface area contributed by atoms with Crippen LogP contribution in [-0.2, 0) is 6.54 Å². The molecule has 0 aliphatic carbocycles. The lowest BCUT2D eigenvalue weighted by atomic mass is 10.1. The van der Waals surface area contributed by atoms with Gasteiger partial charge in [-0.3, -0.25) is 4.79 Å². The van der Waals surface area contributed by atoms with Crippen molar-refractivity contribution in [2.24, 2.45) is 5.73 Å². The molecule has 2 aromatic carbocycles. The van der Waals surface area contributed by atoms with Crippen LogP contribution in [-0.4, -0.2) is 32.6 Å². The lowest BCUT2D eigenvalue weighted by Crippen LogP contribution is -2.11. The van der Waals surface area contributed by atoms with Gasteiger partial charge in [0.25, 0.3) is 11.8 Å². The molecule has 146 valence electrons. The van der Waals surface area contributed by atoms with E-state index in [1.54, 1.807) is 24.3 Å². The molecule has 10 heteroatoms. The van der Waals surface area contributed by atoms with Gasteiger partial charge in [0, 0.05) is 11.9 Å². The van der Waals surface area contributed by atoms with Crippen LogP contribution < -0.4 is 15.8 Å². The van der Waals surface area contributed by atoms with Gasteiger partial charge in [-0.05, 0) is 35.3 Å². The van der Waals surface area contributed by atoms with E-state index in [2.05, 4.69) is 24.9 Å². The molecule has 4 rings (SSSR count). The van der Waals surface area contributed by atoms with E-state index >= 15 is 0 Å². The predicted molar refractivity (Wildman–Crippen MR) is 107 cm³/mol. The van der Waals surface area contributed by atoms with Crippen LogP contribution in [0.4, 0.5) is 10.2 Å². The molecule has 1 amide bonds. The molecule has 0 radical (unpaired) electrons. The van der Waals surface area contributed by atoms with Gasteiger partial charge in [-0.25, -0.2) is 9.37 Å². The maximum Gasteiger partial charge on any atom is 0.276 e. The first kappa shape index (κ1) is 18.7. The number of methoxy groups -OCH3 is 1. The molecular formula is C19H15FN6O2S. The zero-order valence-corrected chi connectivity index (χ0v) is 16.0. The highest BCUT2D eigenvalue weighted by atomic mass is 32.1. The van der Waals surface area contributed by atoms with Gasteiger partial charge in [-0.2, -0.15) is 4.37 Å². The number of carbonyl (C=O) groups is 1. The van der Waals surface area contributed by atoms with Gasteiger partial charge < -0.3 is 15.8 Å². The summed E-state index contributed by atoms with van der Waals surface area (Å²) in [6.45, 7) is 0.321. The number of hydrogen-bond acceptors (Lipinski definition) is 8. The smallest absolute Gasteiger partial charge is 0.276 e. The Kier molecular flexibility index (Phi) is 5.00. The molecule has 4 aromatic rings. The number of aromatic nitrogens is 4. The average molecular weight is 410 g/mol. The molecule has 3 N–H and O–H groups in total. The third-order valence-electron chi connectivity index (χ3n) is 4.18. The van der Waals surface area contributed by atoms with Crippen LogP contribution in [0.15, 0.2) is 42.5 Å². The van der Waals surface area contributed by atoms with Crippen molar-refractivity contribution in [3.63, 3.8) is 0 Å². The highest BCUT2D eigenvalue weighted by Gasteiger charge is 2.18. The number of anilines is 1.